The maximum absolute atomic E-state index is 12.1. The lowest BCUT2D eigenvalue weighted by molar-refractivity contribution is 0.0728. The molecule has 5 heteroatoms. The number of hydrogen-bond acceptors (Lipinski definition) is 4. The summed E-state index contributed by atoms with van der Waals surface area (Å²) in [5, 5.41) is 0.450. The van der Waals surface area contributed by atoms with E-state index in [1.165, 1.54) is 18.2 Å². The molecule has 0 aliphatic heterocycles. The van der Waals surface area contributed by atoms with Crippen molar-refractivity contribution in [2.24, 2.45) is 0 Å². The van der Waals surface area contributed by atoms with Crippen molar-refractivity contribution in [2.45, 2.75) is 6.92 Å². The maximum Gasteiger partial charge on any atom is 0.343 e. The second-order valence-corrected chi connectivity index (χ2v) is 4.59. The first-order valence-electron chi connectivity index (χ1n) is 6.34. The molecule has 21 heavy (non-hydrogen) atoms. The van der Waals surface area contributed by atoms with Gasteiger partial charge in [-0.3, -0.25) is 4.79 Å². The van der Waals surface area contributed by atoms with Crippen LogP contribution in [0.5, 0.6) is 11.5 Å². The molecular weight excluding hydrogens is 292 g/mol. The highest BCUT2D eigenvalue weighted by atomic mass is 35.5. The second-order valence-electron chi connectivity index (χ2n) is 4.16. The van der Waals surface area contributed by atoms with Gasteiger partial charge in [0.25, 0.3) is 0 Å². The molecule has 0 aromatic heterocycles. The fourth-order valence-electron chi connectivity index (χ4n) is 1.72. The quantitative estimate of drug-likeness (QED) is 0.479. The van der Waals surface area contributed by atoms with Crippen LogP contribution in [0.1, 0.15) is 27.6 Å². The van der Waals surface area contributed by atoms with E-state index in [-0.39, 0.29) is 5.75 Å². The van der Waals surface area contributed by atoms with Gasteiger partial charge in [-0.05, 0) is 43.3 Å². The van der Waals surface area contributed by atoms with Crippen LogP contribution in [0.3, 0.4) is 0 Å². The summed E-state index contributed by atoms with van der Waals surface area (Å²) in [6.45, 7) is 2.19. The van der Waals surface area contributed by atoms with Crippen LogP contribution in [0.4, 0.5) is 0 Å². The Morgan fingerprint density at radius 3 is 2.67 bits per heavy atom. The number of esters is 1. The number of ether oxygens (including phenoxy) is 2. The van der Waals surface area contributed by atoms with Crippen LogP contribution in [-0.2, 0) is 0 Å². The number of carbonyl (C=O) groups is 2. The van der Waals surface area contributed by atoms with Crippen molar-refractivity contribution >= 4 is 23.9 Å². The first-order chi connectivity index (χ1) is 10.1. The third kappa shape index (κ3) is 3.83. The van der Waals surface area contributed by atoms with Gasteiger partial charge in [0, 0.05) is 10.6 Å². The van der Waals surface area contributed by atoms with E-state index in [2.05, 4.69) is 0 Å². The van der Waals surface area contributed by atoms with E-state index in [0.29, 0.717) is 34.8 Å². The molecule has 0 aliphatic rings. The summed E-state index contributed by atoms with van der Waals surface area (Å²) in [6.07, 6.45) is 0.699. The lowest BCUT2D eigenvalue weighted by atomic mass is 10.2. The van der Waals surface area contributed by atoms with Gasteiger partial charge in [-0.25, -0.2) is 4.79 Å². The average molecular weight is 305 g/mol. The molecule has 0 radical (unpaired) electrons. The minimum Gasteiger partial charge on any atom is -0.490 e. The monoisotopic (exact) mass is 304 g/mol. The van der Waals surface area contributed by atoms with Crippen LogP contribution in [0.25, 0.3) is 0 Å². The van der Waals surface area contributed by atoms with E-state index >= 15 is 0 Å². The molecule has 2 aromatic rings. The van der Waals surface area contributed by atoms with E-state index in [1.807, 2.05) is 0 Å². The third-order valence-electron chi connectivity index (χ3n) is 2.67. The van der Waals surface area contributed by atoms with Gasteiger partial charge in [0.05, 0.1) is 12.2 Å². The highest BCUT2D eigenvalue weighted by molar-refractivity contribution is 6.30. The lowest BCUT2D eigenvalue weighted by Crippen LogP contribution is -2.09. The fraction of sp³-hybridized carbons (Fsp3) is 0.125. The molecule has 2 rings (SSSR count). The van der Waals surface area contributed by atoms with Crippen LogP contribution in [0.2, 0.25) is 5.02 Å². The third-order valence-corrected chi connectivity index (χ3v) is 2.90. The Hall–Kier alpha value is -2.33. The summed E-state index contributed by atoms with van der Waals surface area (Å²) in [5.74, 6) is 0.0576. The predicted octanol–water partition coefficient (Wildman–Crippen LogP) is 3.77. The van der Waals surface area contributed by atoms with Gasteiger partial charge >= 0.3 is 5.97 Å². The average Bonchev–Trinajstić information content (AvgIpc) is 2.49. The van der Waals surface area contributed by atoms with E-state index in [1.54, 1.807) is 31.2 Å². The Kier molecular flexibility index (Phi) is 4.95. The van der Waals surface area contributed by atoms with Crippen LogP contribution in [0, 0.1) is 0 Å². The zero-order valence-corrected chi connectivity index (χ0v) is 12.1. The molecule has 0 fully saturated rings. The Morgan fingerprint density at radius 2 is 2.00 bits per heavy atom. The van der Waals surface area contributed by atoms with Crippen molar-refractivity contribution < 1.29 is 19.1 Å². The number of hydrogen-bond donors (Lipinski definition) is 0. The highest BCUT2D eigenvalue weighted by Crippen LogP contribution is 2.29. The molecular formula is C16H13ClO4. The molecule has 0 aliphatic carbocycles. The summed E-state index contributed by atoms with van der Waals surface area (Å²) in [7, 11) is 0. The predicted molar refractivity (Wildman–Crippen MR) is 79.4 cm³/mol. The second kappa shape index (κ2) is 6.90. The summed E-state index contributed by atoms with van der Waals surface area (Å²) in [6, 6.07) is 11.1. The molecule has 0 amide bonds. The normalized spacial score (nSPS) is 10.0. The Labute approximate surface area is 127 Å². The van der Waals surface area contributed by atoms with Crippen molar-refractivity contribution in [2.75, 3.05) is 6.61 Å². The van der Waals surface area contributed by atoms with Gasteiger partial charge in [0.15, 0.2) is 11.5 Å². The van der Waals surface area contributed by atoms with Crippen molar-refractivity contribution in [1.29, 1.82) is 0 Å². The minimum absolute atomic E-state index is 0.257. The number of aldehydes is 1. The summed E-state index contributed by atoms with van der Waals surface area (Å²) in [5.41, 5.74) is 0.783. The zero-order valence-electron chi connectivity index (χ0n) is 11.3. The molecule has 0 N–H and O–H groups in total. The first kappa shape index (κ1) is 15.1. The molecule has 0 atom stereocenters. The molecule has 0 bridgehead atoms. The molecule has 0 heterocycles. The van der Waals surface area contributed by atoms with Crippen LogP contribution in [0.15, 0.2) is 42.5 Å². The van der Waals surface area contributed by atoms with Crippen LogP contribution in [-0.4, -0.2) is 18.9 Å². The van der Waals surface area contributed by atoms with E-state index in [4.69, 9.17) is 21.1 Å². The number of rotatable bonds is 5. The maximum atomic E-state index is 12.1. The summed E-state index contributed by atoms with van der Waals surface area (Å²) < 4.78 is 10.7. The topological polar surface area (TPSA) is 52.6 Å². The van der Waals surface area contributed by atoms with Crippen molar-refractivity contribution in [3.05, 3.63) is 58.6 Å². The smallest absolute Gasteiger partial charge is 0.343 e. The Balaban J connectivity index is 2.26. The highest BCUT2D eigenvalue weighted by Gasteiger charge is 2.13. The Bertz CT molecular complexity index is 667. The van der Waals surface area contributed by atoms with E-state index in [0.717, 1.165) is 0 Å². The van der Waals surface area contributed by atoms with Gasteiger partial charge in [0.1, 0.15) is 6.29 Å². The van der Waals surface area contributed by atoms with Gasteiger partial charge in [-0.2, -0.15) is 0 Å². The molecule has 0 saturated carbocycles. The molecule has 0 unspecified atom stereocenters. The minimum atomic E-state index is -0.544. The van der Waals surface area contributed by atoms with Gasteiger partial charge in [-0.15, -0.1) is 0 Å². The van der Waals surface area contributed by atoms with Crippen molar-refractivity contribution in [3.8, 4) is 11.5 Å². The molecule has 2 aromatic carbocycles. The van der Waals surface area contributed by atoms with Crippen molar-refractivity contribution in [1.82, 2.24) is 0 Å². The van der Waals surface area contributed by atoms with E-state index in [9.17, 15) is 9.59 Å². The molecule has 0 spiro atoms. The standard InChI is InChI=1S/C16H13ClO4/c1-2-20-15-8-11(10-18)6-7-14(15)21-16(19)12-4-3-5-13(17)9-12/h3-10H,2H2,1H3. The van der Waals surface area contributed by atoms with Gasteiger partial charge in [-0.1, -0.05) is 17.7 Å². The number of halogens is 1. The summed E-state index contributed by atoms with van der Waals surface area (Å²) >= 11 is 5.84. The van der Waals surface area contributed by atoms with Crippen LogP contribution < -0.4 is 9.47 Å². The fourth-order valence-corrected chi connectivity index (χ4v) is 1.92. The molecule has 0 saturated heterocycles. The number of benzene rings is 2. The molecule has 4 nitrogen and oxygen atoms in total. The zero-order chi connectivity index (χ0) is 15.2. The first-order valence-corrected chi connectivity index (χ1v) is 6.71. The van der Waals surface area contributed by atoms with Gasteiger partial charge in [0.2, 0.25) is 0 Å². The number of carbonyl (C=O) groups excluding carboxylic acids is 2. The van der Waals surface area contributed by atoms with Crippen LogP contribution >= 0.6 is 11.6 Å². The van der Waals surface area contributed by atoms with Gasteiger partial charge < -0.3 is 9.47 Å². The largest absolute Gasteiger partial charge is 0.490 e. The summed E-state index contributed by atoms with van der Waals surface area (Å²) in [4.78, 5) is 22.8. The lowest BCUT2D eigenvalue weighted by Gasteiger charge is -2.11. The Morgan fingerprint density at radius 1 is 1.19 bits per heavy atom. The van der Waals surface area contributed by atoms with E-state index < -0.39 is 5.97 Å². The van der Waals surface area contributed by atoms with Crippen molar-refractivity contribution in [3.63, 3.8) is 0 Å². The molecule has 108 valence electrons. The SMILES string of the molecule is CCOc1cc(C=O)ccc1OC(=O)c1cccc(Cl)c1.